The normalized spacial score (nSPS) is 27.5. The Morgan fingerprint density at radius 2 is 2.16 bits per heavy atom. The quantitative estimate of drug-likeness (QED) is 0.900. The highest BCUT2D eigenvalue weighted by atomic mass is 16.4. The minimum absolute atomic E-state index is 0.0267. The molecule has 1 fully saturated rings. The van der Waals surface area contributed by atoms with Gasteiger partial charge in [0.25, 0.3) is 0 Å². The van der Waals surface area contributed by atoms with Crippen LogP contribution in [0.15, 0.2) is 30.5 Å². The van der Waals surface area contributed by atoms with E-state index >= 15 is 0 Å². The number of hydrogen-bond acceptors (Lipinski definition) is 2. The van der Waals surface area contributed by atoms with Crippen LogP contribution in [0.3, 0.4) is 0 Å². The van der Waals surface area contributed by atoms with E-state index in [0.29, 0.717) is 5.92 Å². The van der Waals surface area contributed by atoms with E-state index in [1.54, 1.807) is 0 Å². The van der Waals surface area contributed by atoms with E-state index in [0.717, 1.165) is 30.2 Å². The standard InChI is InChI=1S/C15H18N2O2/c1-10-6-7-12(15(18)19)14(8-10)17-13-5-3-2-4-11(13)9-16-17/h2-5,9-10,12,14H,6-8H2,1H3,(H,18,19). The molecule has 0 aliphatic heterocycles. The summed E-state index contributed by atoms with van der Waals surface area (Å²) >= 11 is 0. The number of carboxylic acid groups (broad SMARTS) is 1. The lowest BCUT2D eigenvalue weighted by molar-refractivity contribution is -0.145. The average molecular weight is 258 g/mol. The fraction of sp³-hybridized carbons (Fsp3) is 0.467. The Bertz CT molecular complexity index is 605. The summed E-state index contributed by atoms with van der Waals surface area (Å²) in [4.78, 5) is 11.5. The van der Waals surface area contributed by atoms with E-state index in [4.69, 9.17) is 0 Å². The third-order valence-corrected chi connectivity index (χ3v) is 4.21. The van der Waals surface area contributed by atoms with Crippen molar-refractivity contribution in [2.24, 2.45) is 11.8 Å². The first kappa shape index (κ1) is 12.2. The van der Waals surface area contributed by atoms with Crippen LogP contribution < -0.4 is 0 Å². The van der Waals surface area contributed by atoms with Crippen LogP contribution in [0.5, 0.6) is 0 Å². The molecule has 4 heteroatoms. The highest BCUT2D eigenvalue weighted by Gasteiger charge is 2.35. The molecule has 1 saturated carbocycles. The van der Waals surface area contributed by atoms with Gasteiger partial charge in [0.1, 0.15) is 0 Å². The van der Waals surface area contributed by atoms with Gasteiger partial charge in [0, 0.05) is 5.39 Å². The number of benzene rings is 1. The fourth-order valence-corrected chi connectivity index (χ4v) is 3.17. The number of aliphatic carboxylic acids is 1. The number of aromatic nitrogens is 2. The van der Waals surface area contributed by atoms with Crippen molar-refractivity contribution in [2.75, 3.05) is 0 Å². The predicted molar refractivity (Wildman–Crippen MR) is 72.9 cm³/mol. The Labute approximate surface area is 112 Å². The highest BCUT2D eigenvalue weighted by molar-refractivity contribution is 5.79. The van der Waals surface area contributed by atoms with Crippen LogP contribution in [-0.2, 0) is 4.79 Å². The summed E-state index contributed by atoms with van der Waals surface area (Å²) in [5.74, 6) is -0.459. The first-order valence-electron chi connectivity index (χ1n) is 6.82. The molecule has 100 valence electrons. The monoisotopic (exact) mass is 258 g/mol. The van der Waals surface area contributed by atoms with Gasteiger partial charge in [-0.05, 0) is 31.2 Å². The zero-order valence-corrected chi connectivity index (χ0v) is 11.0. The number of rotatable bonds is 2. The van der Waals surface area contributed by atoms with Gasteiger partial charge in [0.05, 0.1) is 23.7 Å². The van der Waals surface area contributed by atoms with Gasteiger partial charge in [0.2, 0.25) is 0 Å². The zero-order valence-electron chi connectivity index (χ0n) is 11.0. The maximum atomic E-state index is 11.5. The van der Waals surface area contributed by atoms with Crippen molar-refractivity contribution in [3.05, 3.63) is 30.5 Å². The average Bonchev–Trinajstić information content (AvgIpc) is 2.82. The van der Waals surface area contributed by atoms with Crippen molar-refractivity contribution in [1.82, 2.24) is 9.78 Å². The predicted octanol–water partition coefficient (Wildman–Crippen LogP) is 3.10. The number of carboxylic acids is 1. The van der Waals surface area contributed by atoms with Gasteiger partial charge < -0.3 is 5.11 Å². The third-order valence-electron chi connectivity index (χ3n) is 4.21. The zero-order chi connectivity index (χ0) is 13.4. The summed E-state index contributed by atoms with van der Waals surface area (Å²) in [6, 6.07) is 7.96. The summed E-state index contributed by atoms with van der Waals surface area (Å²) < 4.78 is 1.92. The fourth-order valence-electron chi connectivity index (χ4n) is 3.17. The van der Waals surface area contributed by atoms with Crippen molar-refractivity contribution in [1.29, 1.82) is 0 Å². The second-order valence-corrected chi connectivity index (χ2v) is 5.58. The topological polar surface area (TPSA) is 55.1 Å². The Kier molecular flexibility index (Phi) is 3.01. The van der Waals surface area contributed by atoms with E-state index in [9.17, 15) is 9.90 Å². The molecule has 1 aliphatic rings. The van der Waals surface area contributed by atoms with E-state index in [2.05, 4.69) is 12.0 Å². The molecule has 2 aromatic rings. The lowest BCUT2D eigenvalue weighted by Crippen LogP contribution is -2.32. The third kappa shape index (κ3) is 2.11. The molecule has 1 heterocycles. The number of hydrogen-bond donors (Lipinski definition) is 1. The van der Waals surface area contributed by atoms with Gasteiger partial charge in [-0.1, -0.05) is 25.1 Å². The molecule has 3 unspecified atom stereocenters. The molecule has 1 aromatic carbocycles. The second kappa shape index (κ2) is 4.68. The highest BCUT2D eigenvalue weighted by Crippen LogP contribution is 2.38. The number of fused-ring (bicyclic) bond motifs is 1. The molecule has 3 rings (SSSR count). The molecule has 0 bridgehead atoms. The Morgan fingerprint density at radius 3 is 2.95 bits per heavy atom. The van der Waals surface area contributed by atoms with Crippen LogP contribution in [-0.4, -0.2) is 20.9 Å². The Hall–Kier alpha value is -1.84. The maximum absolute atomic E-state index is 11.5. The van der Waals surface area contributed by atoms with Crippen LogP contribution in [0.2, 0.25) is 0 Å². The molecule has 0 spiro atoms. The summed E-state index contributed by atoms with van der Waals surface area (Å²) in [5.41, 5.74) is 1.04. The van der Waals surface area contributed by atoms with Gasteiger partial charge >= 0.3 is 5.97 Å². The van der Waals surface area contributed by atoms with Crippen molar-refractivity contribution in [3.63, 3.8) is 0 Å². The molecule has 1 aromatic heterocycles. The van der Waals surface area contributed by atoms with Gasteiger partial charge in [-0.15, -0.1) is 0 Å². The SMILES string of the molecule is CC1CCC(C(=O)O)C(n2ncc3ccccc32)C1. The van der Waals surface area contributed by atoms with Crippen molar-refractivity contribution >= 4 is 16.9 Å². The molecule has 3 atom stereocenters. The first-order valence-corrected chi connectivity index (χ1v) is 6.82. The van der Waals surface area contributed by atoms with Crippen molar-refractivity contribution in [3.8, 4) is 0 Å². The number of nitrogens with zero attached hydrogens (tertiary/aromatic N) is 2. The lowest BCUT2D eigenvalue weighted by atomic mass is 9.79. The smallest absolute Gasteiger partial charge is 0.308 e. The largest absolute Gasteiger partial charge is 0.481 e. The van der Waals surface area contributed by atoms with Crippen LogP contribution in [0.4, 0.5) is 0 Å². The van der Waals surface area contributed by atoms with E-state index in [1.807, 2.05) is 35.1 Å². The lowest BCUT2D eigenvalue weighted by Gasteiger charge is -2.32. The summed E-state index contributed by atoms with van der Waals surface area (Å²) in [7, 11) is 0. The van der Waals surface area contributed by atoms with Crippen molar-refractivity contribution in [2.45, 2.75) is 32.2 Å². The minimum Gasteiger partial charge on any atom is -0.481 e. The summed E-state index contributed by atoms with van der Waals surface area (Å²) in [5, 5.41) is 14.9. The van der Waals surface area contributed by atoms with Crippen LogP contribution in [0, 0.1) is 11.8 Å². The number of para-hydroxylation sites is 1. The van der Waals surface area contributed by atoms with Gasteiger partial charge in [-0.25, -0.2) is 0 Å². The molecular weight excluding hydrogens is 240 g/mol. The van der Waals surface area contributed by atoms with Crippen LogP contribution >= 0.6 is 0 Å². The molecule has 1 N–H and O–H groups in total. The number of carbonyl (C=O) groups is 1. The summed E-state index contributed by atoms with van der Waals surface area (Å²) in [6.07, 6.45) is 4.46. The Morgan fingerprint density at radius 1 is 1.37 bits per heavy atom. The van der Waals surface area contributed by atoms with E-state index in [1.165, 1.54) is 0 Å². The van der Waals surface area contributed by atoms with Crippen LogP contribution in [0.25, 0.3) is 10.9 Å². The van der Waals surface area contributed by atoms with Crippen molar-refractivity contribution < 1.29 is 9.90 Å². The first-order chi connectivity index (χ1) is 9.16. The molecule has 19 heavy (non-hydrogen) atoms. The molecule has 1 aliphatic carbocycles. The van der Waals surface area contributed by atoms with Gasteiger partial charge in [-0.3, -0.25) is 9.48 Å². The van der Waals surface area contributed by atoms with Gasteiger partial charge in [-0.2, -0.15) is 5.10 Å². The maximum Gasteiger partial charge on any atom is 0.308 e. The molecule has 0 radical (unpaired) electrons. The molecule has 4 nitrogen and oxygen atoms in total. The van der Waals surface area contributed by atoms with E-state index < -0.39 is 5.97 Å². The molecule has 0 saturated heterocycles. The second-order valence-electron chi connectivity index (χ2n) is 5.58. The van der Waals surface area contributed by atoms with E-state index in [-0.39, 0.29) is 12.0 Å². The Balaban J connectivity index is 2.04. The van der Waals surface area contributed by atoms with Crippen LogP contribution in [0.1, 0.15) is 32.2 Å². The minimum atomic E-state index is -0.698. The van der Waals surface area contributed by atoms with Gasteiger partial charge in [0.15, 0.2) is 0 Å². The molecule has 0 amide bonds. The summed E-state index contributed by atoms with van der Waals surface area (Å²) in [6.45, 7) is 2.19. The molecular formula is C15H18N2O2.